The molecule has 0 aliphatic heterocycles. The van der Waals surface area contributed by atoms with Crippen LogP contribution in [-0.2, 0) is 0 Å². The molecule has 0 aliphatic rings. The second kappa shape index (κ2) is 11.7. The molecule has 0 amide bonds. The van der Waals surface area contributed by atoms with Gasteiger partial charge in [0.2, 0.25) is 0 Å². The highest BCUT2D eigenvalue weighted by molar-refractivity contribution is 6.16. The van der Waals surface area contributed by atoms with Crippen molar-refractivity contribution in [3.05, 3.63) is 194 Å². The van der Waals surface area contributed by atoms with E-state index in [0.717, 1.165) is 71.3 Å². The van der Waals surface area contributed by atoms with Crippen molar-refractivity contribution in [2.24, 2.45) is 0 Å². The molecule has 2 aromatic heterocycles. The van der Waals surface area contributed by atoms with Gasteiger partial charge in [-0.1, -0.05) is 127 Å². The number of anilines is 3. The largest absolute Gasteiger partial charge is 0.455 e. The van der Waals surface area contributed by atoms with Gasteiger partial charge in [0.25, 0.3) is 0 Å². The maximum absolute atomic E-state index is 9.48. The van der Waals surface area contributed by atoms with Gasteiger partial charge in [-0.3, -0.25) is 0 Å². The molecule has 0 radical (unpaired) electrons. The molecule has 11 aromatic rings. The first-order valence-electron chi connectivity index (χ1n) is 21.0. The van der Waals surface area contributed by atoms with Crippen LogP contribution in [0.25, 0.3) is 82.1 Å². The van der Waals surface area contributed by atoms with Crippen molar-refractivity contribution >= 4 is 82.4 Å². The molecule has 0 fully saturated rings. The zero-order valence-corrected chi connectivity index (χ0v) is 28.2. The van der Waals surface area contributed by atoms with Crippen LogP contribution in [-0.4, -0.2) is 4.57 Å². The fourth-order valence-electron chi connectivity index (χ4n) is 7.89. The Bertz CT molecular complexity index is 3530. The Kier molecular flexibility index (Phi) is 5.18. The summed E-state index contributed by atoms with van der Waals surface area (Å²) in [4.78, 5) is 1.80. The SMILES string of the molecule is [2H]c1c([2H])c([2H])c2c(N(c3ccc(-n4c5ccccc5c5ccccc54)cc3)c3ccccc3-c3ccc4oc5c6ccccc6ccc5c4c3)c([2H])c([2H])c([2H])c2c1[2H]. The number of fused-ring (bicyclic) bond motifs is 9. The number of hydrogen-bond acceptors (Lipinski definition) is 2. The van der Waals surface area contributed by atoms with E-state index in [-0.39, 0.29) is 28.5 Å². The summed E-state index contributed by atoms with van der Waals surface area (Å²) in [6.45, 7) is 0. The molecule has 9 aromatic carbocycles. The molecular formula is C50H32N2O. The quantitative estimate of drug-likeness (QED) is 0.180. The molecule has 0 atom stereocenters. The average molecular weight is 684 g/mol. The highest BCUT2D eigenvalue weighted by Gasteiger charge is 2.21. The van der Waals surface area contributed by atoms with Crippen LogP contribution >= 0.6 is 0 Å². The topological polar surface area (TPSA) is 21.3 Å². The Balaban J connectivity index is 1.18. The summed E-state index contributed by atoms with van der Waals surface area (Å²) in [6, 6.07) is 47.5. The molecule has 3 heteroatoms. The maximum Gasteiger partial charge on any atom is 0.143 e. The molecule has 0 spiro atoms. The molecule has 0 unspecified atom stereocenters. The summed E-state index contributed by atoms with van der Waals surface area (Å²) in [5, 5.41) is 6.14. The van der Waals surface area contributed by atoms with Gasteiger partial charge in [-0.2, -0.15) is 0 Å². The second-order valence-electron chi connectivity index (χ2n) is 13.2. The van der Waals surface area contributed by atoms with E-state index in [4.69, 9.17) is 11.3 Å². The Hall–Kier alpha value is -7.10. The van der Waals surface area contributed by atoms with Crippen molar-refractivity contribution in [3.63, 3.8) is 0 Å². The molecule has 53 heavy (non-hydrogen) atoms. The number of para-hydroxylation sites is 3. The van der Waals surface area contributed by atoms with Gasteiger partial charge in [0, 0.05) is 49.3 Å². The molecular weight excluding hydrogens is 645 g/mol. The van der Waals surface area contributed by atoms with Crippen LogP contribution in [0.3, 0.4) is 0 Å². The van der Waals surface area contributed by atoms with Crippen LogP contribution in [0.1, 0.15) is 9.60 Å². The molecule has 0 saturated heterocycles. The fraction of sp³-hybridized carbons (Fsp3) is 0. The Morgan fingerprint density at radius 1 is 0.472 bits per heavy atom. The van der Waals surface area contributed by atoms with Crippen molar-refractivity contribution in [1.82, 2.24) is 4.57 Å². The lowest BCUT2D eigenvalue weighted by Gasteiger charge is -2.29. The highest BCUT2D eigenvalue weighted by atomic mass is 16.3. The van der Waals surface area contributed by atoms with Crippen molar-refractivity contribution in [2.75, 3.05) is 4.90 Å². The van der Waals surface area contributed by atoms with E-state index in [9.17, 15) is 2.74 Å². The van der Waals surface area contributed by atoms with E-state index in [1.807, 2.05) is 97.1 Å². The van der Waals surface area contributed by atoms with E-state index in [2.05, 4.69) is 59.2 Å². The third-order valence-electron chi connectivity index (χ3n) is 10.3. The number of furan rings is 1. The minimum Gasteiger partial charge on any atom is -0.455 e. The van der Waals surface area contributed by atoms with E-state index in [1.165, 1.54) is 0 Å². The predicted molar refractivity (Wildman–Crippen MR) is 223 cm³/mol. The van der Waals surface area contributed by atoms with Gasteiger partial charge in [0.1, 0.15) is 11.2 Å². The van der Waals surface area contributed by atoms with Crippen LogP contribution in [0.4, 0.5) is 17.1 Å². The normalized spacial score (nSPS) is 13.6. The third kappa shape index (κ3) is 4.61. The second-order valence-corrected chi connectivity index (χ2v) is 13.2. The van der Waals surface area contributed by atoms with Gasteiger partial charge in [0.15, 0.2) is 0 Å². The van der Waals surface area contributed by atoms with Crippen molar-refractivity contribution in [3.8, 4) is 16.8 Å². The van der Waals surface area contributed by atoms with Gasteiger partial charge in [-0.05, 0) is 83.0 Å². The Morgan fingerprint density at radius 3 is 2.00 bits per heavy atom. The van der Waals surface area contributed by atoms with Gasteiger partial charge in [-0.15, -0.1) is 0 Å². The molecule has 0 saturated carbocycles. The maximum atomic E-state index is 9.48. The molecule has 248 valence electrons. The van der Waals surface area contributed by atoms with Crippen molar-refractivity contribution < 1.29 is 14.0 Å². The number of benzene rings is 9. The molecule has 3 nitrogen and oxygen atoms in total. The summed E-state index contributed by atoms with van der Waals surface area (Å²) in [5.41, 5.74) is 7.43. The Morgan fingerprint density at radius 2 is 1.17 bits per heavy atom. The molecule has 2 heterocycles. The summed E-state index contributed by atoms with van der Waals surface area (Å²) in [6.07, 6.45) is 0. The predicted octanol–water partition coefficient (Wildman–Crippen LogP) is 14.1. The molecule has 11 rings (SSSR count). The number of aromatic nitrogens is 1. The first-order chi connectivity index (χ1) is 29.2. The number of rotatable bonds is 5. The summed E-state index contributed by atoms with van der Waals surface area (Å²) < 4.78 is 71.3. The average Bonchev–Trinajstić information content (AvgIpc) is 3.84. The van der Waals surface area contributed by atoms with Crippen LogP contribution in [0.2, 0.25) is 0 Å². The first kappa shape index (κ1) is 23.4. The van der Waals surface area contributed by atoms with Crippen LogP contribution < -0.4 is 4.90 Å². The third-order valence-corrected chi connectivity index (χ3v) is 10.3. The molecule has 0 bridgehead atoms. The van der Waals surface area contributed by atoms with Crippen molar-refractivity contribution in [2.45, 2.75) is 0 Å². The van der Waals surface area contributed by atoms with E-state index in [0.29, 0.717) is 11.4 Å². The minimum absolute atomic E-state index is 0.00330. The van der Waals surface area contributed by atoms with Gasteiger partial charge in [0.05, 0.1) is 32.0 Å². The van der Waals surface area contributed by atoms with Crippen molar-refractivity contribution in [1.29, 1.82) is 0 Å². The summed E-state index contributed by atoms with van der Waals surface area (Å²) in [5.74, 6) is 0. The Labute approximate surface area is 316 Å². The van der Waals surface area contributed by atoms with Crippen LogP contribution in [0.5, 0.6) is 0 Å². The standard InChI is InChI=1S/C50H32N2O/c1-3-15-38-33(12-1)14-11-23-46(38)51(36-26-28-37(29-27-36)52-47-21-9-6-18-41(47)42-19-7-10-22-48(42)52)45-20-8-5-16-39(45)35-25-31-49-44(32-35)43-30-24-34-13-2-4-17-40(34)50(43)53-49/h1-32H/i1D,3D,11D,12D,14D,15D,23D. The van der Waals surface area contributed by atoms with E-state index >= 15 is 0 Å². The monoisotopic (exact) mass is 683 g/mol. The van der Waals surface area contributed by atoms with E-state index < -0.39 is 30.2 Å². The lowest BCUT2D eigenvalue weighted by atomic mass is 9.98. The smallest absolute Gasteiger partial charge is 0.143 e. The first-order valence-corrected chi connectivity index (χ1v) is 17.5. The number of hydrogen-bond donors (Lipinski definition) is 0. The van der Waals surface area contributed by atoms with Crippen LogP contribution in [0.15, 0.2) is 198 Å². The zero-order valence-electron chi connectivity index (χ0n) is 35.2. The van der Waals surface area contributed by atoms with Gasteiger partial charge >= 0.3 is 0 Å². The fourth-order valence-corrected chi connectivity index (χ4v) is 7.89. The molecule has 0 N–H and O–H groups in total. The van der Waals surface area contributed by atoms with Gasteiger partial charge < -0.3 is 13.9 Å². The lowest BCUT2D eigenvalue weighted by Crippen LogP contribution is -2.12. The highest BCUT2D eigenvalue weighted by Crippen LogP contribution is 2.45. The van der Waals surface area contributed by atoms with Crippen LogP contribution in [0, 0.1) is 0 Å². The van der Waals surface area contributed by atoms with E-state index in [1.54, 1.807) is 4.90 Å². The minimum atomic E-state index is -0.500. The molecule has 0 aliphatic carbocycles. The zero-order chi connectivity index (χ0) is 41.0. The number of nitrogens with zero attached hydrogens (tertiary/aromatic N) is 2. The van der Waals surface area contributed by atoms with Gasteiger partial charge in [-0.25, -0.2) is 0 Å². The lowest BCUT2D eigenvalue weighted by molar-refractivity contribution is 0.672. The summed E-state index contributed by atoms with van der Waals surface area (Å²) >= 11 is 0. The summed E-state index contributed by atoms with van der Waals surface area (Å²) in [7, 11) is 0.